The van der Waals surface area contributed by atoms with Crippen molar-refractivity contribution in [1.82, 2.24) is 9.80 Å². The van der Waals surface area contributed by atoms with Gasteiger partial charge in [-0.3, -0.25) is 9.69 Å². The van der Waals surface area contributed by atoms with Crippen molar-refractivity contribution in [2.75, 3.05) is 39.3 Å². The second kappa shape index (κ2) is 7.26. The summed E-state index contributed by atoms with van der Waals surface area (Å²) in [5.41, 5.74) is 0.622. The Hall–Kier alpha value is -1.59. The number of hydrogen-bond donors (Lipinski definition) is 2. The van der Waals surface area contributed by atoms with E-state index in [2.05, 4.69) is 4.90 Å². The van der Waals surface area contributed by atoms with E-state index >= 15 is 0 Å². The molecular formula is C15H22N2O3. The predicted octanol–water partition coefficient (Wildman–Crippen LogP) is 0.923. The van der Waals surface area contributed by atoms with Crippen LogP contribution in [0.3, 0.4) is 0 Å². The zero-order valence-corrected chi connectivity index (χ0v) is 11.7. The summed E-state index contributed by atoms with van der Waals surface area (Å²) in [5.74, 6) is 0.204. The van der Waals surface area contributed by atoms with Crippen LogP contribution in [0.4, 0.5) is 0 Å². The summed E-state index contributed by atoms with van der Waals surface area (Å²) in [6.07, 6.45) is 1.84. The van der Waals surface area contributed by atoms with Gasteiger partial charge in [-0.05, 0) is 43.7 Å². The fraction of sp³-hybridized carbons (Fsp3) is 0.533. The van der Waals surface area contributed by atoms with Crippen molar-refractivity contribution in [2.45, 2.75) is 12.8 Å². The summed E-state index contributed by atoms with van der Waals surface area (Å²) in [4.78, 5) is 16.5. The van der Waals surface area contributed by atoms with E-state index in [4.69, 9.17) is 5.11 Å². The van der Waals surface area contributed by atoms with E-state index in [0.717, 1.165) is 45.6 Å². The third-order valence-corrected chi connectivity index (χ3v) is 3.66. The van der Waals surface area contributed by atoms with E-state index in [1.54, 1.807) is 24.3 Å². The molecule has 0 unspecified atom stereocenters. The molecule has 110 valence electrons. The van der Waals surface area contributed by atoms with Crippen LogP contribution < -0.4 is 0 Å². The van der Waals surface area contributed by atoms with Gasteiger partial charge in [-0.1, -0.05) is 0 Å². The van der Waals surface area contributed by atoms with Crippen LogP contribution in [0.25, 0.3) is 0 Å². The number of rotatable bonds is 5. The summed E-state index contributed by atoms with van der Waals surface area (Å²) in [5, 5.41) is 18.0. The number of aromatic hydroxyl groups is 1. The number of aliphatic hydroxyl groups excluding tert-OH is 1. The van der Waals surface area contributed by atoms with Crippen LogP contribution in [0.5, 0.6) is 5.75 Å². The predicted molar refractivity (Wildman–Crippen MR) is 76.8 cm³/mol. The van der Waals surface area contributed by atoms with Gasteiger partial charge in [0.1, 0.15) is 5.75 Å². The molecule has 0 radical (unpaired) electrons. The monoisotopic (exact) mass is 278 g/mol. The van der Waals surface area contributed by atoms with Gasteiger partial charge in [0.25, 0.3) is 5.91 Å². The lowest BCUT2D eigenvalue weighted by molar-refractivity contribution is 0.0634. The number of aliphatic hydroxyl groups is 1. The molecule has 5 nitrogen and oxygen atoms in total. The molecule has 20 heavy (non-hydrogen) atoms. The number of carbonyl (C=O) groups is 1. The average Bonchev–Trinajstić information content (AvgIpc) is 2.48. The van der Waals surface area contributed by atoms with Crippen LogP contribution in [-0.2, 0) is 0 Å². The van der Waals surface area contributed by atoms with Crippen molar-refractivity contribution in [3.63, 3.8) is 0 Å². The third kappa shape index (κ3) is 3.95. The fourth-order valence-corrected chi connectivity index (χ4v) is 2.41. The Kier molecular flexibility index (Phi) is 5.38. The van der Waals surface area contributed by atoms with Crippen LogP contribution in [0.2, 0.25) is 0 Å². The van der Waals surface area contributed by atoms with Gasteiger partial charge in [0.15, 0.2) is 0 Å². The molecule has 1 fully saturated rings. The molecule has 0 aliphatic carbocycles. The molecule has 2 rings (SSSR count). The normalized spacial score (nSPS) is 16.4. The van der Waals surface area contributed by atoms with E-state index in [-0.39, 0.29) is 18.3 Å². The zero-order valence-electron chi connectivity index (χ0n) is 11.7. The molecule has 1 aromatic rings. The standard InChI is InChI=1S/C15H22N2O3/c18-12-2-1-7-16-8-10-17(11-9-16)15(20)13-3-5-14(19)6-4-13/h3-6,18-19H,1-2,7-12H2. The van der Waals surface area contributed by atoms with Crippen LogP contribution in [0, 0.1) is 0 Å². The lowest BCUT2D eigenvalue weighted by Crippen LogP contribution is -2.48. The molecule has 5 heteroatoms. The highest BCUT2D eigenvalue weighted by Gasteiger charge is 2.21. The smallest absolute Gasteiger partial charge is 0.253 e. The third-order valence-electron chi connectivity index (χ3n) is 3.66. The number of nitrogens with zero attached hydrogens (tertiary/aromatic N) is 2. The van der Waals surface area contributed by atoms with E-state index < -0.39 is 0 Å². The summed E-state index contributed by atoms with van der Waals surface area (Å²) in [6.45, 7) is 4.48. The van der Waals surface area contributed by atoms with Crippen molar-refractivity contribution in [3.05, 3.63) is 29.8 Å². The number of phenolic OH excluding ortho intramolecular Hbond substituents is 1. The van der Waals surface area contributed by atoms with Crippen LogP contribution >= 0.6 is 0 Å². The molecule has 1 heterocycles. The molecule has 0 atom stereocenters. The zero-order chi connectivity index (χ0) is 14.4. The first-order valence-electron chi connectivity index (χ1n) is 7.12. The number of piperazine rings is 1. The minimum absolute atomic E-state index is 0.0278. The Morgan fingerprint density at radius 2 is 1.70 bits per heavy atom. The molecule has 0 spiro atoms. The minimum Gasteiger partial charge on any atom is -0.508 e. The molecule has 1 saturated heterocycles. The Balaban J connectivity index is 1.81. The van der Waals surface area contributed by atoms with E-state index in [0.29, 0.717) is 5.56 Å². The molecule has 0 aromatic heterocycles. The maximum absolute atomic E-state index is 12.3. The van der Waals surface area contributed by atoms with Gasteiger partial charge < -0.3 is 15.1 Å². The number of hydrogen-bond acceptors (Lipinski definition) is 4. The molecule has 1 aliphatic heterocycles. The summed E-state index contributed by atoms with van der Waals surface area (Å²) < 4.78 is 0. The van der Waals surface area contributed by atoms with Gasteiger partial charge in [0.2, 0.25) is 0 Å². The van der Waals surface area contributed by atoms with E-state index in [1.165, 1.54) is 0 Å². The molecule has 0 bridgehead atoms. The summed E-state index contributed by atoms with van der Waals surface area (Å²) in [7, 11) is 0. The van der Waals surface area contributed by atoms with Gasteiger partial charge in [0, 0.05) is 38.3 Å². The van der Waals surface area contributed by atoms with Crippen LogP contribution in [0.15, 0.2) is 24.3 Å². The first-order valence-corrected chi connectivity index (χ1v) is 7.12. The molecule has 0 saturated carbocycles. The highest BCUT2D eigenvalue weighted by molar-refractivity contribution is 5.94. The molecule has 2 N–H and O–H groups in total. The second-order valence-electron chi connectivity index (χ2n) is 5.11. The number of amides is 1. The van der Waals surface area contributed by atoms with Crippen molar-refractivity contribution in [1.29, 1.82) is 0 Å². The number of benzene rings is 1. The number of carbonyl (C=O) groups excluding carboxylic acids is 1. The van der Waals surface area contributed by atoms with Gasteiger partial charge in [-0.15, -0.1) is 0 Å². The first kappa shape index (κ1) is 14.8. The van der Waals surface area contributed by atoms with Gasteiger partial charge >= 0.3 is 0 Å². The van der Waals surface area contributed by atoms with E-state index in [1.807, 2.05) is 4.90 Å². The second-order valence-corrected chi connectivity index (χ2v) is 5.11. The average molecular weight is 278 g/mol. The SMILES string of the molecule is O=C(c1ccc(O)cc1)N1CCN(CCCCO)CC1. The summed E-state index contributed by atoms with van der Waals surface area (Å²) in [6, 6.07) is 6.40. The largest absolute Gasteiger partial charge is 0.508 e. The molecule has 1 aromatic carbocycles. The molecule has 1 aliphatic rings. The summed E-state index contributed by atoms with van der Waals surface area (Å²) >= 11 is 0. The maximum Gasteiger partial charge on any atom is 0.253 e. The van der Waals surface area contributed by atoms with Crippen molar-refractivity contribution in [2.24, 2.45) is 0 Å². The minimum atomic E-state index is 0.0278. The van der Waals surface area contributed by atoms with Crippen LogP contribution in [-0.4, -0.2) is 65.3 Å². The Labute approximate surface area is 119 Å². The Morgan fingerprint density at radius 1 is 1.05 bits per heavy atom. The van der Waals surface area contributed by atoms with Crippen molar-refractivity contribution in [3.8, 4) is 5.75 Å². The fourth-order valence-electron chi connectivity index (χ4n) is 2.41. The van der Waals surface area contributed by atoms with Gasteiger partial charge in [-0.2, -0.15) is 0 Å². The lowest BCUT2D eigenvalue weighted by atomic mass is 10.1. The van der Waals surface area contributed by atoms with Gasteiger partial charge in [-0.25, -0.2) is 0 Å². The highest BCUT2D eigenvalue weighted by atomic mass is 16.3. The number of unbranched alkanes of at least 4 members (excludes halogenated alkanes) is 1. The quantitative estimate of drug-likeness (QED) is 0.786. The Bertz CT molecular complexity index is 425. The number of phenols is 1. The molecular weight excluding hydrogens is 256 g/mol. The van der Waals surface area contributed by atoms with Crippen LogP contribution in [0.1, 0.15) is 23.2 Å². The Morgan fingerprint density at radius 3 is 2.30 bits per heavy atom. The topological polar surface area (TPSA) is 64.0 Å². The van der Waals surface area contributed by atoms with Crippen molar-refractivity contribution >= 4 is 5.91 Å². The lowest BCUT2D eigenvalue weighted by Gasteiger charge is -2.34. The first-order chi connectivity index (χ1) is 9.70. The highest BCUT2D eigenvalue weighted by Crippen LogP contribution is 2.13. The molecule has 1 amide bonds. The van der Waals surface area contributed by atoms with Crippen molar-refractivity contribution < 1.29 is 15.0 Å². The van der Waals surface area contributed by atoms with E-state index in [9.17, 15) is 9.90 Å². The maximum atomic E-state index is 12.3. The van der Waals surface area contributed by atoms with Gasteiger partial charge in [0.05, 0.1) is 0 Å².